The Labute approximate surface area is 173 Å². The number of carbonyl (C=O) groups is 3. The number of carbonyl (C=O) groups excluding carboxylic acids is 3. The molecule has 3 atom stereocenters. The van der Waals surface area contributed by atoms with E-state index < -0.39 is 41.4 Å². The van der Waals surface area contributed by atoms with Gasteiger partial charge in [-0.05, 0) is 29.2 Å². The zero-order valence-corrected chi connectivity index (χ0v) is 16.4. The van der Waals surface area contributed by atoms with Crippen LogP contribution in [0.25, 0.3) is 0 Å². The largest absolute Gasteiger partial charge is 0.457 e. The fraction of sp³-hybridized carbons (Fsp3) is 0.292. The summed E-state index contributed by atoms with van der Waals surface area (Å²) in [5, 5.41) is 0. The molecule has 6 rings (SSSR count). The molecule has 1 fully saturated rings. The van der Waals surface area contributed by atoms with Crippen molar-refractivity contribution in [2.75, 3.05) is 6.61 Å². The third-order valence-electron chi connectivity index (χ3n) is 6.31. The highest BCUT2D eigenvalue weighted by Crippen LogP contribution is 2.64. The van der Waals surface area contributed by atoms with Gasteiger partial charge in [0.15, 0.2) is 0 Å². The number of hydrogen-bond acceptors (Lipinski definition) is 6. The first-order chi connectivity index (χ1) is 14.5. The predicted molar refractivity (Wildman–Crippen MR) is 105 cm³/mol. The van der Waals surface area contributed by atoms with E-state index >= 15 is 0 Å². The first-order valence-corrected chi connectivity index (χ1v) is 9.90. The first-order valence-electron chi connectivity index (χ1n) is 9.90. The Morgan fingerprint density at radius 1 is 1.10 bits per heavy atom. The lowest BCUT2D eigenvalue weighted by molar-refractivity contribution is -0.164. The van der Waals surface area contributed by atoms with E-state index in [-0.39, 0.29) is 12.5 Å². The monoisotopic (exact) mass is 404 g/mol. The lowest BCUT2D eigenvalue weighted by Crippen LogP contribution is -2.55. The van der Waals surface area contributed by atoms with E-state index in [2.05, 4.69) is 6.58 Å². The molecular weight excluding hydrogens is 384 g/mol. The molecule has 0 aromatic heterocycles. The van der Waals surface area contributed by atoms with Gasteiger partial charge in [-0.25, -0.2) is 4.79 Å². The molecule has 0 radical (unpaired) electrons. The van der Waals surface area contributed by atoms with Gasteiger partial charge in [0.2, 0.25) is 0 Å². The molecule has 2 bridgehead atoms. The van der Waals surface area contributed by atoms with Crippen molar-refractivity contribution in [1.29, 1.82) is 0 Å². The molecule has 1 aliphatic heterocycles. The van der Waals surface area contributed by atoms with Crippen molar-refractivity contribution in [2.45, 2.75) is 24.5 Å². The minimum absolute atomic E-state index is 0.0393. The van der Waals surface area contributed by atoms with E-state index in [0.717, 1.165) is 28.3 Å². The summed E-state index contributed by atoms with van der Waals surface area (Å²) < 4.78 is 16.9. The molecular formula is C24H20O6. The molecule has 6 nitrogen and oxygen atoms in total. The van der Waals surface area contributed by atoms with Gasteiger partial charge in [-0.1, -0.05) is 55.1 Å². The normalized spacial score (nSPS) is 28.8. The highest BCUT2D eigenvalue weighted by atomic mass is 16.6. The minimum atomic E-state index is -1.19. The topological polar surface area (TPSA) is 78.9 Å². The fourth-order valence-electron chi connectivity index (χ4n) is 5.28. The van der Waals surface area contributed by atoms with Crippen LogP contribution in [-0.2, 0) is 34.2 Å². The molecule has 30 heavy (non-hydrogen) atoms. The van der Waals surface area contributed by atoms with Crippen molar-refractivity contribution in [2.24, 2.45) is 11.8 Å². The first kappa shape index (κ1) is 18.8. The number of benzene rings is 2. The lowest BCUT2D eigenvalue weighted by atomic mass is 9.52. The zero-order valence-electron chi connectivity index (χ0n) is 16.4. The van der Waals surface area contributed by atoms with Crippen LogP contribution >= 0.6 is 0 Å². The smallest absolute Gasteiger partial charge is 0.330 e. The summed E-state index contributed by atoms with van der Waals surface area (Å²) in [6.45, 7) is 5.15. The molecule has 4 aliphatic rings. The lowest BCUT2D eigenvalue weighted by Gasteiger charge is -2.53. The van der Waals surface area contributed by atoms with Crippen LogP contribution in [0.2, 0.25) is 0 Å². The van der Waals surface area contributed by atoms with E-state index in [9.17, 15) is 14.4 Å². The SMILES string of the molecule is C=CC(=O)OC(C)COC12c3ccccc3C(c3ccccc31)C1C(=O)OC(=O)C12. The molecule has 1 saturated heterocycles. The summed E-state index contributed by atoms with van der Waals surface area (Å²) in [6, 6.07) is 15.4. The Morgan fingerprint density at radius 3 is 2.30 bits per heavy atom. The average Bonchev–Trinajstić information content (AvgIpc) is 3.07. The molecule has 0 spiro atoms. The van der Waals surface area contributed by atoms with Crippen LogP contribution in [0.4, 0.5) is 0 Å². The number of hydrogen-bond donors (Lipinski definition) is 0. The Morgan fingerprint density at radius 2 is 1.70 bits per heavy atom. The van der Waals surface area contributed by atoms with Crippen molar-refractivity contribution in [3.05, 3.63) is 83.4 Å². The molecule has 0 N–H and O–H groups in total. The van der Waals surface area contributed by atoms with Gasteiger partial charge in [0, 0.05) is 12.0 Å². The molecule has 0 saturated carbocycles. The van der Waals surface area contributed by atoms with E-state index in [0.29, 0.717) is 0 Å². The molecule has 1 heterocycles. The van der Waals surface area contributed by atoms with Crippen molar-refractivity contribution in [1.82, 2.24) is 0 Å². The third-order valence-corrected chi connectivity index (χ3v) is 6.31. The molecule has 3 aliphatic carbocycles. The Kier molecular flexibility index (Phi) is 4.15. The van der Waals surface area contributed by atoms with Crippen molar-refractivity contribution < 1.29 is 28.6 Å². The molecule has 2 aromatic rings. The van der Waals surface area contributed by atoms with Gasteiger partial charge in [0.25, 0.3) is 0 Å². The van der Waals surface area contributed by atoms with Gasteiger partial charge in [-0.3, -0.25) is 9.59 Å². The molecule has 0 amide bonds. The number of esters is 3. The maximum absolute atomic E-state index is 12.9. The van der Waals surface area contributed by atoms with Crippen LogP contribution in [0.3, 0.4) is 0 Å². The summed E-state index contributed by atoms with van der Waals surface area (Å²) in [6.07, 6.45) is 0.518. The summed E-state index contributed by atoms with van der Waals surface area (Å²) in [5.74, 6) is -3.34. The summed E-state index contributed by atoms with van der Waals surface area (Å²) in [5.41, 5.74) is 2.43. The van der Waals surface area contributed by atoms with E-state index in [4.69, 9.17) is 14.2 Å². The second-order valence-corrected chi connectivity index (χ2v) is 7.89. The maximum atomic E-state index is 12.9. The van der Waals surface area contributed by atoms with E-state index in [1.807, 2.05) is 48.5 Å². The third kappa shape index (κ3) is 2.37. The van der Waals surface area contributed by atoms with Crippen LogP contribution in [0.1, 0.15) is 35.1 Å². The molecule has 6 heteroatoms. The summed E-state index contributed by atoms with van der Waals surface area (Å²) in [4.78, 5) is 37.2. The maximum Gasteiger partial charge on any atom is 0.330 e. The minimum Gasteiger partial charge on any atom is -0.457 e. The summed E-state index contributed by atoms with van der Waals surface area (Å²) >= 11 is 0. The Hall–Kier alpha value is -3.25. The number of ether oxygens (including phenoxy) is 3. The Bertz CT molecular complexity index is 1040. The van der Waals surface area contributed by atoms with Crippen LogP contribution in [0.15, 0.2) is 61.2 Å². The van der Waals surface area contributed by atoms with Crippen molar-refractivity contribution in [3.63, 3.8) is 0 Å². The van der Waals surface area contributed by atoms with E-state index in [1.165, 1.54) is 0 Å². The Balaban J connectivity index is 1.68. The quantitative estimate of drug-likeness (QED) is 0.433. The summed E-state index contributed by atoms with van der Waals surface area (Å²) in [7, 11) is 0. The average molecular weight is 404 g/mol. The van der Waals surface area contributed by atoms with Crippen molar-refractivity contribution >= 4 is 17.9 Å². The standard InChI is InChI=1S/C24H20O6/c1-3-18(25)29-13(2)12-28-24-16-10-6-4-8-14(16)19(15-9-5-7-11-17(15)24)20-21(24)23(27)30-22(20)26/h3-11,13,19-21H,1,12H2,2H3. The van der Waals surface area contributed by atoms with Crippen LogP contribution < -0.4 is 0 Å². The number of cyclic esters (lactones) is 2. The van der Waals surface area contributed by atoms with Gasteiger partial charge in [0.1, 0.15) is 17.6 Å². The van der Waals surface area contributed by atoms with Crippen molar-refractivity contribution in [3.8, 4) is 0 Å². The molecule has 3 unspecified atom stereocenters. The van der Waals surface area contributed by atoms with Crippen LogP contribution in [0.5, 0.6) is 0 Å². The van der Waals surface area contributed by atoms with Crippen LogP contribution in [0, 0.1) is 11.8 Å². The van der Waals surface area contributed by atoms with Crippen LogP contribution in [-0.4, -0.2) is 30.6 Å². The fourth-order valence-corrected chi connectivity index (χ4v) is 5.28. The molecule has 152 valence electrons. The van der Waals surface area contributed by atoms with Gasteiger partial charge in [-0.15, -0.1) is 0 Å². The van der Waals surface area contributed by atoms with Gasteiger partial charge >= 0.3 is 17.9 Å². The second kappa shape index (κ2) is 6.64. The highest BCUT2D eigenvalue weighted by molar-refractivity contribution is 6.00. The zero-order chi connectivity index (χ0) is 21.0. The highest BCUT2D eigenvalue weighted by Gasteiger charge is 2.68. The predicted octanol–water partition coefficient (Wildman–Crippen LogP) is 2.84. The van der Waals surface area contributed by atoms with Gasteiger partial charge in [-0.2, -0.15) is 0 Å². The van der Waals surface area contributed by atoms with Gasteiger partial charge in [0.05, 0.1) is 12.5 Å². The number of rotatable bonds is 5. The van der Waals surface area contributed by atoms with Gasteiger partial charge < -0.3 is 14.2 Å². The molecule has 2 aromatic carbocycles. The second-order valence-electron chi connectivity index (χ2n) is 7.89. The van der Waals surface area contributed by atoms with E-state index in [1.54, 1.807) is 6.92 Å².